The molecule has 0 unspecified atom stereocenters. The van der Waals surface area contributed by atoms with Crippen molar-refractivity contribution in [3.8, 4) is 0 Å². The molecule has 1 spiro atoms. The third-order valence-electron chi connectivity index (χ3n) is 4.93. The van der Waals surface area contributed by atoms with Crippen molar-refractivity contribution >= 4 is 11.9 Å². The van der Waals surface area contributed by atoms with Gasteiger partial charge in [-0.1, -0.05) is 0 Å². The van der Waals surface area contributed by atoms with E-state index in [2.05, 4.69) is 19.8 Å². The van der Waals surface area contributed by atoms with Crippen molar-refractivity contribution in [3.63, 3.8) is 0 Å². The minimum Gasteiger partial charge on any atom is -0.348 e. The molecule has 0 saturated carbocycles. The molecule has 0 N–H and O–H groups in total. The Bertz CT molecular complexity index is 564. The second-order valence-corrected chi connectivity index (χ2v) is 6.98. The Morgan fingerprint density at radius 1 is 1.26 bits per heavy atom. The van der Waals surface area contributed by atoms with E-state index >= 15 is 0 Å². The zero-order valence-corrected chi connectivity index (χ0v) is 13.8. The Kier molecular flexibility index (Phi) is 4.48. The Morgan fingerprint density at radius 2 is 2.00 bits per heavy atom. The molecule has 1 aromatic rings. The standard InChI is InChI=1S/C16H24FN5O/c1-20(2)14(23)10-21-6-3-4-16(11-21)5-7-22(12-16)15-18-8-13(17)9-19-15/h8-9H,3-7,10-12H2,1-2H3/t16-/m0/s1. The van der Waals surface area contributed by atoms with Crippen LogP contribution in [-0.2, 0) is 4.79 Å². The second kappa shape index (κ2) is 6.39. The van der Waals surface area contributed by atoms with Crippen molar-refractivity contribution in [1.82, 2.24) is 19.8 Å². The average molecular weight is 321 g/mol. The highest BCUT2D eigenvalue weighted by molar-refractivity contribution is 5.77. The van der Waals surface area contributed by atoms with Gasteiger partial charge >= 0.3 is 0 Å². The maximum atomic E-state index is 13.0. The number of hydrogen-bond donors (Lipinski definition) is 0. The summed E-state index contributed by atoms with van der Waals surface area (Å²) in [4.78, 5) is 26.2. The molecule has 0 aromatic carbocycles. The van der Waals surface area contributed by atoms with Gasteiger partial charge < -0.3 is 9.80 Å². The van der Waals surface area contributed by atoms with Gasteiger partial charge in [0, 0.05) is 39.1 Å². The van der Waals surface area contributed by atoms with Crippen LogP contribution in [0.15, 0.2) is 12.4 Å². The molecule has 2 saturated heterocycles. The van der Waals surface area contributed by atoms with E-state index in [-0.39, 0.29) is 11.3 Å². The first-order chi connectivity index (χ1) is 11.0. The molecule has 6 nitrogen and oxygen atoms in total. The highest BCUT2D eigenvalue weighted by Crippen LogP contribution is 2.39. The molecule has 0 radical (unpaired) electrons. The summed E-state index contributed by atoms with van der Waals surface area (Å²) in [6.45, 7) is 4.17. The first kappa shape index (κ1) is 16.1. The van der Waals surface area contributed by atoms with Gasteiger partial charge in [0.15, 0.2) is 5.82 Å². The fraction of sp³-hybridized carbons (Fsp3) is 0.688. The molecular weight excluding hydrogens is 297 g/mol. The topological polar surface area (TPSA) is 52.6 Å². The summed E-state index contributed by atoms with van der Waals surface area (Å²) >= 11 is 0. The van der Waals surface area contributed by atoms with Gasteiger partial charge in [0.05, 0.1) is 18.9 Å². The summed E-state index contributed by atoms with van der Waals surface area (Å²) in [6.07, 6.45) is 5.78. The summed E-state index contributed by atoms with van der Waals surface area (Å²) in [5, 5.41) is 0. The number of carbonyl (C=O) groups is 1. The van der Waals surface area contributed by atoms with Crippen molar-refractivity contribution in [2.75, 3.05) is 51.7 Å². The molecule has 1 atom stereocenters. The van der Waals surface area contributed by atoms with Crippen LogP contribution in [0.5, 0.6) is 0 Å². The number of aromatic nitrogens is 2. The fourth-order valence-corrected chi connectivity index (χ4v) is 3.69. The van der Waals surface area contributed by atoms with Crippen LogP contribution < -0.4 is 4.90 Å². The van der Waals surface area contributed by atoms with Gasteiger partial charge in [-0.05, 0) is 25.8 Å². The van der Waals surface area contributed by atoms with Crippen molar-refractivity contribution < 1.29 is 9.18 Å². The third kappa shape index (κ3) is 3.60. The Morgan fingerprint density at radius 3 is 2.70 bits per heavy atom. The number of anilines is 1. The molecule has 2 aliphatic heterocycles. The lowest BCUT2D eigenvalue weighted by Crippen LogP contribution is -2.48. The normalized spacial score (nSPS) is 25.1. The molecule has 3 rings (SSSR count). The highest BCUT2D eigenvalue weighted by atomic mass is 19.1. The number of likely N-dealkylation sites (N-methyl/N-ethyl adjacent to an activating group) is 1. The van der Waals surface area contributed by atoms with E-state index in [1.54, 1.807) is 19.0 Å². The van der Waals surface area contributed by atoms with Crippen molar-refractivity contribution in [2.45, 2.75) is 19.3 Å². The lowest BCUT2D eigenvalue weighted by atomic mass is 9.79. The summed E-state index contributed by atoms with van der Waals surface area (Å²) in [6, 6.07) is 0. The molecule has 1 amide bonds. The number of rotatable bonds is 3. The van der Waals surface area contributed by atoms with Crippen LogP contribution in [0, 0.1) is 11.2 Å². The summed E-state index contributed by atoms with van der Waals surface area (Å²) < 4.78 is 13.0. The molecule has 2 fully saturated rings. The van der Waals surface area contributed by atoms with Gasteiger partial charge in [-0.15, -0.1) is 0 Å². The lowest BCUT2D eigenvalue weighted by Gasteiger charge is -2.40. The molecule has 0 aliphatic carbocycles. The number of nitrogens with zero attached hydrogens (tertiary/aromatic N) is 5. The summed E-state index contributed by atoms with van der Waals surface area (Å²) in [5.41, 5.74) is 0.197. The predicted octanol–water partition coefficient (Wildman–Crippen LogP) is 0.996. The minimum atomic E-state index is -0.409. The molecule has 7 heteroatoms. The van der Waals surface area contributed by atoms with E-state index in [0.29, 0.717) is 12.5 Å². The van der Waals surface area contributed by atoms with Crippen LogP contribution in [0.25, 0.3) is 0 Å². The highest BCUT2D eigenvalue weighted by Gasteiger charge is 2.42. The van der Waals surface area contributed by atoms with Crippen LogP contribution in [0.4, 0.5) is 10.3 Å². The zero-order chi connectivity index (χ0) is 16.4. The van der Waals surface area contributed by atoms with Crippen LogP contribution >= 0.6 is 0 Å². The van der Waals surface area contributed by atoms with E-state index in [1.807, 2.05) is 0 Å². The molecule has 0 bridgehead atoms. The number of carbonyl (C=O) groups excluding carboxylic acids is 1. The molecule has 2 aliphatic rings. The number of piperidine rings is 1. The lowest BCUT2D eigenvalue weighted by molar-refractivity contribution is -0.130. The Balaban J connectivity index is 1.64. The van der Waals surface area contributed by atoms with Crippen molar-refractivity contribution in [2.24, 2.45) is 5.41 Å². The average Bonchev–Trinajstić information content (AvgIpc) is 2.91. The van der Waals surface area contributed by atoms with Gasteiger partial charge in [0.25, 0.3) is 0 Å². The third-order valence-corrected chi connectivity index (χ3v) is 4.93. The molecule has 23 heavy (non-hydrogen) atoms. The van der Waals surface area contributed by atoms with E-state index in [1.165, 1.54) is 12.4 Å². The fourth-order valence-electron chi connectivity index (χ4n) is 3.69. The minimum absolute atomic E-state index is 0.152. The second-order valence-electron chi connectivity index (χ2n) is 6.98. The van der Waals surface area contributed by atoms with Gasteiger partial charge in [-0.2, -0.15) is 0 Å². The van der Waals surface area contributed by atoms with Crippen molar-refractivity contribution in [1.29, 1.82) is 0 Å². The number of likely N-dealkylation sites (tertiary alicyclic amines) is 1. The molecular formula is C16H24FN5O. The van der Waals surface area contributed by atoms with E-state index in [9.17, 15) is 9.18 Å². The van der Waals surface area contributed by atoms with E-state index in [4.69, 9.17) is 0 Å². The van der Waals surface area contributed by atoms with E-state index < -0.39 is 5.82 Å². The predicted molar refractivity (Wildman–Crippen MR) is 85.6 cm³/mol. The van der Waals surface area contributed by atoms with Crippen LogP contribution in [-0.4, -0.2) is 72.5 Å². The maximum absolute atomic E-state index is 13.0. The molecule has 3 heterocycles. The number of amides is 1. The number of halogens is 1. The monoisotopic (exact) mass is 321 g/mol. The van der Waals surface area contributed by atoms with Crippen molar-refractivity contribution in [3.05, 3.63) is 18.2 Å². The quantitative estimate of drug-likeness (QED) is 0.831. The van der Waals surface area contributed by atoms with Crippen LogP contribution in [0.3, 0.4) is 0 Å². The number of hydrogen-bond acceptors (Lipinski definition) is 5. The summed E-state index contributed by atoms with van der Waals surface area (Å²) in [5.74, 6) is 0.345. The first-order valence-electron chi connectivity index (χ1n) is 8.12. The molecule has 126 valence electrons. The Labute approximate surface area is 136 Å². The van der Waals surface area contributed by atoms with Gasteiger partial charge in [0.2, 0.25) is 11.9 Å². The zero-order valence-electron chi connectivity index (χ0n) is 13.8. The SMILES string of the molecule is CN(C)C(=O)CN1CCC[C@]2(CCN(c3ncc(F)cn3)C2)C1. The van der Waals surface area contributed by atoms with Gasteiger partial charge in [-0.3, -0.25) is 9.69 Å². The van der Waals surface area contributed by atoms with E-state index in [0.717, 1.165) is 45.4 Å². The maximum Gasteiger partial charge on any atom is 0.236 e. The first-order valence-corrected chi connectivity index (χ1v) is 8.12. The summed E-state index contributed by atoms with van der Waals surface area (Å²) in [7, 11) is 3.59. The Hall–Kier alpha value is -1.76. The molecule has 1 aromatic heterocycles. The van der Waals surface area contributed by atoms with Crippen LogP contribution in [0.1, 0.15) is 19.3 Å². The van der Waals surface area contributed by atoms with Gasteiger partial charge in [0.1, 0.15) is 0 Å². The largest absolute Gasteiger partial charge is 0.348 e. The van der Waals surface area contributed by atoms with Crippen LogP contribution in [0.2, 0.25) is 0 Å². The van der Waals surface area contributed by atoms with Gasteiger partial charge in [-0.25, -0.2) is 14.4 Å². The smallest absolute Gasteiger partial charge is 0.236 e.